The van der Waals surface area contributed by atoms with Crippen LogP contribution in [0.3, 0.4) is 0 Å². The lowest BCUT2D eigenvalue weighted by Crippen LogP contribution is -2.65. The fourth-order valence-electron chi connectivity index (χ4n) is 5.45. The fourth-order valence-corrected chi connectivity index (χ4v) is 5.45. The Hall–Kier alpha value is -1.50. The molecule has 0 radical (unpaired) electrons. The van der Waals surface area contributed by atoms with Crippen LogP contribution in [0.2, 0.25) is 0 Å². The van der Waals surface area contributed by atoms with Crippen molar-refractivity contribution in [3.63, 3.8) is 0 Å². The average molecular weight is 374 g/mol. The Kier molecular flexibility index (Phi) is 4.56. The van der Waals surface area contributed by atoms with Gasteiger partial charge in [-0.2, -0.15) is 0 Å². The van der Waals surface area contributed by atoms with Crippen LogP contribution >= 0.6 is 0 Å². The molecule has 6 nitrogen and oxygen atoms in total. The molecule has 0 saturated carbocycles. The number of non-ortho nitro benzene ring substituents is 1. The number of piperidine rings is 1. The Morgan fingerprint density at radius 3 is 2.41 bits per heavy atom. The largest absolute Gasteiger partial charge is 0.334 e. The topological polar surface area (TPSA) is 64.8 Å². The lowest BCUT2D eigenvalue weighted by atomic mass is 9.62. The van der Waals surface area contributed by atoms with Crippen LogP contribution in [0.1, 0.15) is 52.0 Å². The third kappa shape index (κ3) is 2.89. The number of hydrogen-bond donors (Lipinski definition) is 0. The van der Waals surface area contributed by atoms with Gasteiger partial charge >= 0.3 is 0 Å². The molecular formula is C21H30N2O4. The van der Waals surface area contributed by atoms with Gasteiger partial charge in [-0.3, -0.25) is 15.0 Å². The van der Waals surface area contributed by atoms with Crippen LogP contribution in [-0.2, 0) is 14.9 Å². The van der Waals surface area contributed by atoms with E-state index in [0.29, 0.717) is 19.1 Å². The standard InChI is InChI=1S/C21H30N2O4/c1-19(2,3)17-9-12-22-11-4-10-20(15-17,21(22)26-13-14-27-21)16-5-7-18(8-6-16)23(24)25/h5-8,17H,4,9-15H2,1-3H3/t17-,20+/m0/s1. The van der Waals surface area contributed by atoms with Crippen molar-refractivity contribution in [2.24, 2.45) is 11.3 Å². The number of nitro groups is 1. The van der Waals surface area contributed by atoms with Crippen molar-refractivity contribution in [3.05, 3.63) is 39.9 Å². The second kappa shape index (κ2) is 6.54. The molecule has 6 heteroatoms. The van der Waals surface area contributed by atoms with Gasteiger partial charge in [0.15, 0.2) is 0 Å². The Bertz CT molecular complexity index is 706. The van der Waals surface area contributed by atoms with Crippen LogP contribution in [0.4, 0.5) is 5.69 Å². The summed E-state index contributed by atoms with van der Waals surface area (Å²) in [4.78, 5) is 13.2. The molecule has 3 aliphatic rings. The summed E-state index contributed by atoms with van der Waals surface area (Å²) in [6.07, 6.45) is 4.16. The van der Waals surface area contributed by atoms with Crippen molar-refractivity contribution in [2.45, 2.75) is 57.8 Å². The summed E-state index contributed by atoms with van der Waals surface area (Å²) in [5.74, 6) is -0.207. The monoisotopic (exact) mass is 374 g/mol. The van der Waals surface area contributed by atoms with Crippen LogP contribution < -0.4 is 0 Å². The highest BCUT2D eigenvalue weighted by Crippen LogP contribution is 2.57. The number of nitrogens with zero attached hydrogens (tertiary/aromatic N) is 2. The van der Waals surface area contributed by atoms with Gasteiger partial charge in [0.1, 0.15) is 0 Å². The van der Waals surface area contributed by atoms with Gasteiger partial charge in [0.05, 0.1) is 23.6 Å². The van der Waals surface area contributed by atoms with E-state index in [1.54, 1.807) is 12.1 Å². The van der Waals surface area contributed by atoms with Crippen LogP contribution in [0.25, 0.3) is 0 Å². The number of benzene rings is 1. The molecular weight excluding hydrogens is 344 g/mol. The third-order valence-electron chi connectivity index (χ3n) is 6.93. The van der Waals surface area contributed by atoms with Crippen LogP contribution in [-0.4, -0.2) is 42.0 Å². The van der Waals surface area contributed by atoms with Crippen molar-refractivity contribution in [2.75, 3.05) is 26.3 Å². The molecule has 1 spiro atoms. The van der Waals surface area contributed by atoms with E-state index in [4.69, 9.17) is 9.47 Å². The van der Waals surface area contributed by atoms with Gasteiger partial charge in [0, 0.05) is 25.2 Å². The normalized spacial score (nSPS) is 33.0. The van der Waals surface area contributed by atoms with E-state index in [2.05, 4.69) is 25.7 Å². The molecule has 148 valence electrons. The summed E-state index contributed by atoms with van der Waals surface area (Å²) >= 11 is 0. The molecule has 0 amide bonds. The molecule has 27 heavy (non-hydrogen) atoms. The summed E-state index contributed by atoms with van der Waals surface area (Å²) in [6.45, 7) is 10.1. The second-order valence-electron chi connectivity index (χ2n) is 9.31. The molecule has 1 aromatic rings. The molecule has 4 rings (SSSR count). The first-order valence-electron chi connectivity index (χ1n) is 10.1. The van der Waals surface area contributed by atoms with E-state index >= 15 is 0 Å². The van der Waals surface area contributed by atoms with E-state index in [0.717, 1.165) is 44.3 Å². The maximum Gasteiger partial charge on any atom is 0.269 e. The van der Waals surface area contributed by atoms with E-state index in [9.17, 15) is 10.1 Å². The third-order valence-corrected chi connectivity index (χ3v) is 6.93. The van der Waals surface area contributed by atoms with Gasteiger partial charge < -0.3 is 9.47 Å². The highest BCUT2D eigenvalue weighted by atomic mass is 16.8. The molecule has 3 heterocycles. The Morgan fingerprint density at radius 1 is 1.15 bits per heavy atom. The molecule has 3 atom stereocenters. The summed E-state index contributed by atoms with van der Waals surface area (Å²) in [7, 11) is 0. The zero-order valence-corrected chi connectivity index (χ0v) is 16.6. The van der Waals surface area contributed by atoms with Crippen LogP contribution in [0.15, 0.2) is 24.3 Å². The Morgan fingerprint density at radius 2 is 1.81 bits per heavy atom. The van der Waals surface area contributed by atoms with Gasteiger partial charge in [-0.05, 0) is 42.6 Å². The summed E-state index contributed by atoms with van der Waals surface area (Å²) in [5, 5.41) is 11.1. The second-order valence-corrected chi connectivity index (χ2v) is 9.31. The van der Waals surface area contributed by atoms with Crippen LogP contribution in [0.5, 0.6) is 0 Å². The van der Waals surface area contributed by atoms with E-state index in [1.807, 2.05) is 12.1 Å². The quantitative estimate of drug-likeness (QED) is 0.576. The maximum atomic E-state index is 11.1. The van der Waals surface area contributed by atoms with E-state index in [1.165, 1.54) is 0 Å². The van der Waals surface area contributed by atoms with Gasteiger partial charge in [0.2, 0.25) is 5.91 Å². The smallest absolute Gasteiger partial charge is 0.269 e. The number of nitro benzene ring substituents is 1. The Balaban J connectivity index is 1.85. The number of rotatable bonds is 2. The zero-order valence-electron chi connectivity index (χ0n) is 16.6. The predicted molar refractivity (Wildman–Crippen MR) is 102 cm³/mol. The minimum absolute atomic E-state index is 0.131. The highest BCUT2D eigenvalue weighted by molar-refractivity contribution is 5.39. The van der Waals surface area contributed by atoms with Crippen molar-refractivity contribution in [3.8, 4) is 0 Å². The van der Waals surface area contributed by atoms with Crippen molar-refractivity contribution in [1.82, 2.24) is 4.90 Å². The number of ether oxygens (including phenoxy) is 2. The lowest BCUT2D eigenvalue weighted by molar-refractivity contribution is -0.384. The molecule has 1 unspecified atom stereocenters. The highest BCUT2D eigenvalue weighted by Gasteiger charge is 2.64. The molecule has 1 aromatic carbocycles. The summed E-state index contributed by atoms with van der Waals surface area (Å²) in [6, 6.07) is 7.12. The molecule has 3 saturated heterocycles. The zero-order chi connectivity index (χ0) is 19.3. The molecule has 0 N–H and O–H groups in total. The van der Waals surface area contributed by atoms with Crippen molar-refractivity contribution in [1.29, 1.82) is 0 Å². The van der Waals surface area contributed by atoms with Gasteiger partial charge in [-0.25, -0.2) is 0 Å². The van der Waals surface area contributed by atoms with Crippen LogP contribution in [0, 0.1) is 21.4 Å². The first kappa shape index (κ1) is 18.8. The fraction of sp³-hybridized carbons (Fsp3) is 0.714. The first-order chi connectivity index (χ1) is 12.8. The summed E-state index contributed by atoms with van der Waals surface area (Å²) < 4.78 is 12.8. The predicted octanol–water partition coefficient (Wildman–Crippen LogP) is 4.09. The van der Waals surface area contributed by atoms with E-state index < -0.39 is 5.91 Å². The van der Waals surface area contributed by atoms with E-state index in [-0.39, 0.29) is 21.4 Å². The summed E-state index contributed by atoms with van der Waals surface area (Å²) in [5.41, 5.74) is 1.12. The first-order valence-corrected chi connectivity index (χ1v) is 10.1. The SMILES string of the molecule is CC(C)(C)[C@H]1CCN2CCC[C@](c3ccc([N+](=O)[O-])cc3)(C1)C21OCCO1. The lowest BCUT2D eigenvalue weighted by Gasteiger charge is -2.55. The molecule has 0 aromatic heterocycles. The van der Waals surface area contributed by atoms with Crippen molar-refractivity contribution < 1.29 is 14.4 Å². The minimum Gasteiger partial charge on any atom is -0.334 e. The molecule has 2 bridgehead atoms. The molecule has 0 aliphatic carbocycles. The minimum atomic E-state index is -0.735. The maximum absolute atomic E-state index is 11.1. The van der Waals surface area contributed by atoms with Crippen molar-refractivity contribution >= 4 is 5.69 Å². The Labute approximate surface area is 161 Å². The van der Waals surface area contributed by atoms with Gasteiger partial charge in [-0.1, -0.05) is 32.9 Å². The average Bonchev–Trinajstić information content (AvgIpc) is 3.09. The molecule has 3 fully saturated rings. The number of hydrogen-bond acceptors (Lipinski definition) is 5. The molecule has 3 aliphatic heterocycles. The van der Waals surface area contributed by atoms with Gasteiger partial charge in [-0.15, -0.1) is 0 Å². The van der Waals surface area contributed by atoms with Gasteiger partial charge in [0.25, 0.3) is 5.69 Å².